The zero-order valence-corrected chi connectivity index (χ0v) is 12.3. The fourth-order valence-electron chi connectivity index (χ4n) is 4.31. The molecule has 0 radical (unpaired) electrons. The van der Waals surface area contributed by atoms with Crippen molar-refractivity contribution >= 4 is 0 Å². The first kappa shape index (κ1) is 13.8. The lowest BCUT2D eigenvalue weighted by atomic mass is 9.90. The Labute approximate surface area is 118 Å². The van der Waals surface area contributed by atoms with Crippen LogP contribution in [0.4, 0.5) is 0 Å². The Kier molecular flexibility index (Phi) is 5.14. The molecular weight excluding hydrogens is 234 g/mol. The van der Waals surface area contributed by atoms with Crippen LogP contribution in [-0.4, -0.2) is 38.3 Å². The number of piperidine rings is 2. The highest BCUT2D eigenvalue weighted by molar-refractivity contribution is 4.88. The number of rotatable bonds is 4. The fourth-order valence-corrected chi connectivity index (χ4v) is 4.31. The smallest absolute Gasteiger partial charge is 0.00728 e. The highest BCUT2D eigenvalue weighted by Gasteiger charge is 2.28. The van der Waals surface area contributed by atoms with Crippen LogP contribution in [0.3, 0.4) is 0 Å². The number of hydrogen-bond acceptors (Lipinski definition) is 3. The predicted molar refractivity (Wildman–Crippen MR) is 80.4 cm³/mol. The topological polar surface area (TPSA) is 36.1 Å². The summed E-state index contributed by atoms with van der Waals surface area (Å²) in [4.78, 5) is 0. The first-order valence-electron chi connectivity index (χ1n) is 8.57. The van der Waals surface area contributed by atoms with Gasteiger partial charge in [0.05, 0.1) is 0 Å². The molecule has 3 heteroatoms. The second-order valence-electron chi connectivity index (χ2n) is 7.00. The molecule has 2 atom stereocenters. The van der Waals surface area contributed by atoms with Crippen molar-refractivity contribution in [3.63, 3.8) is 0 Å². The molecule has 0 aromatic rings. The molecule has 0 saturated carbocycles. The zero-order valence-electron chi connectivity index (χ0n) is 12.3. The molecule has 3 fully saturated rings. The third-order valence-electron chi connectivity index (χ3n) is 5.49. The molecule has 3 saturated heterocycles. The Morgan fingerprint density at radius 1 is 0.579 bits per heavy atom. The minimum Gasteiger partial charge on any atom is -0.317 e. The molecule has 0 aromatic carbocycles. The van der Waals surface area contributed by atoms with Gasteiger partial charge in [0.15, 0.2) is 0 Å². The second-order valence-corrected chi connectivity index (χ2v) is 7.00. The summed E-state index contributed by atoms with van der Waals surface area (Å²) in [6.45, 7) is 4.98. The lowest BCUT2D eigenvalue weighted by molar-refractivity contribution is 0.297. The first-order valence-corrected chi connectivity index (χ1v) is 8.57. The van der Waals surface area contributed by atoms with E-state index in [1.807, 2.05) is 0 Å². The minimum absolute atomic E-state index is 0.829. The Hall–Kier alpha value is -0.120. The van der Waals surface area contributed by atoms with Crippen LogP contribution in [0.2, 0.25) is 0 Å². The van der Waals surface area contributed by atoms with Gasteiger partial charge in [0.2, 0.25) is 0 Å². The second kappa shape index (κ2) is 7.05. The lowest BCUT2D eigenvalue weighted by Gasteiger charge is -2.27. The SMILES string of the molecule is C1CC(CC2CCC(CC3CCNCC3)N2)CCN1. The van der Waals surface area contributed by atoms with Crippen LogP contribution < -0.4 is 16.0 Å². The van der Waals surface area contributed by atoms with E-state index in [0.29, 0.717) is 0 Å². The Bertz CT molecular complexity index is 231. The van der Waals surface area contributed by atoms with Crippen molar-refractivity contribution in [2.24, 2.45) is 11.8 Å². The molecule has 3 heterocycles. The summed E-state index contributed by atoms with van der Waals surface area (Å²) in [5.41, 5.74) is 0. The van der Waals surface area contributed by atoms with Crippen molar-refractivity contribution in [2.75, 3.05) is 26.2 Å². The molecule has 0 spiro atoms. The van der Waals surface area contributed by atoms with E-state index >= 15 is 0 Å². The summed E-state index contributed by atoms with van der Waals surface area (Å²) in [5, 5.41) is 10.9. The molecule has 3 rings (SSSR count). The summed E-state index contributed by atoms with van der Waals surface area (Å²) in [6.07, 6.45) is 11.3. The van der Waals surface area contributed by atoms with Gasteiger partial charge in [-0.3, -0.25) is 0 Å². The maximum Gasteiger partial charge on any atom is 0.00728 e. The standard InChI is InChI=1S/C16H31N3/c1-2-16(12-14-5-9-18-10-6-14)19-15(1)11-13-3-7-17-8-4-13/h13-19H,1-12H2. The molecule has 0 aromatic heterocycles. The van der Waals surface area contributed by atoms with Gasteiger partial charge in [0, 0.05) is 12.1 Å². The molecule has 0 amide bonds. The van der Waals surface area contributed by atoms with Gasteiger partial charge in [0.1, 0.15) is 0 Å². The van der Waals surface area contributed by atoms with Crippen LogP contribution in [-0.2, 0) is 0 Å². The van der Waals surface area contributed by atoms with Gasteiger partial charge < -0.3 is 16.0 Å². The average molecular weight is 265 g/mol. The Balaban J connectivity index is 1.37. The summed E-state index contributed by atoms with van der Waals surface area (Å²) in [5.74, 6) is 1.97. The third-order valence-corrected chi connectivity index (χ3v) is 5.49. The largest absolute Gasteiger partial charge is 0.317 e. The van der Waals surface area contributed by atoms with Crippen LogP contribution >= 0.6 is 0 Å². The van der Waals surface area contributed by atoms with Crippen LogP contribution in [0.1, 0.15) is 51.4 Å². The van der Waals surface area contributed by atoms with Gasteiger partial charge in [0.25, 0.3) is 0 Å². The molecule has 3 aliphatic heterocycles. The third kappa shape index (κ3) is 4.17. The highest BCUT2D eigenvalue weighted by atomic mass is 15.0. The van der Waals surface area contributed by atoms with E-state index in [1.165, 1.54) is 77.5 Å². The van der Waals surface area contributed by atoms with Gasteiger partial charge in [-0.25, -0.2) is 0 Å². The van der Waals surface area contributed by atoms with E-state index < -0.39 is 0 Å². The summed E-state index contributed by atoms with van der Waals surface area (Å²) in [6, 6.07) is 1.66. The molecule has 3 aliphatic rings. The van der Waals surface area contributed by atoms with E-state index in [1.54, 1.807) is 0 Å². The Morgan fingerprint density at radius 3 is 1.42 bits per heavy atom. The maximum atomic E-state index is 3.94. The normalized spacial score (nSPS) is 34.7. The zero-order chi connectivity index (χ0) is 12.9. The van der Waals surface area contributed by atoms with E-state index in [0.717, 1.165) is 23.9 Å². The number of hydrogen-bond donors (Lipinski definition) is 3. The van der Waals surface area contributed by atoms with E-state index in [9.17, 15) is 0 Å². The molecular formula is C16H31N3. The Morgan fingerprint density at radius 2 is 1.00 bits per heavy atom. The van der Waals surface area contributed by atoms with Crippen molar-refractivity contribution in [1.29, 1.82) is 0 Å². The molecule has 3 nitrogen and oxygen atoms in total. The van der Waals surface area contributed by atoms with Gasteiger partial charge >= 0.3 is 0 Å². The monoisotopic (exact) mass is 265 g/mol. The van der Waals surface area contributed by atoms with Crippen molar-refractivity contribution in [3.05, 3.63) is 0 Å². The summed E-state index contributed by atoms with van der Waals surface area (Å²) < 4.78 is 0. The fraction of sp³-hybridized carbons (Fsp3) is 1.00. The molecule has 3 N–H and O–H groups in total. The molecule has 19 heavy (non-hydrogen) atoms. The number of nitrogens with one attached hydrogen (secondary N) is 3. The van der Waals surface area contributed by atoms with Crippen LogP contribution in [0.15, 0.2) is 0 Å². The first-order chi connectivity index (χ1) is 9.40. The minimum atomic E-state index is 0.829. The van der Waals surface area contributed by atoms with Gasteiger partial charge in [-0.1, -0.05) is 0 Å². The van der Waals surface area contributed by atoms with Crippen molar-refractivity contribution in [1.82, 2.24) is 16.0 Å². The van der Waals surface area contributed by atoms with Gasteiger partial charge in [-0.05, 0) is 89.4 Å². The predicted octanol–water partition coefficient (Wildman–Crippen LogP) is 1.89. The van der Waals surface area contributed by atoms with E-state index in [2.05, 4.69) is 16.0 Å². The molecule has 110 valence electrons. The average Bonchev–Trinajstić information content (AvgIpc) is 2.88. The van der Waals surface area contributed by atoms with Crippen molar-refractivity contribution in [2.45, 2.75) is 63.5 Å². The van der Waals surface area contributed by atoms with E-state index in [4.69, 9.17) is 0 Å². The molecule has 2 unspecified atom stereocenters. The molecule has 0 bridgehead atoms. The lowest BCUT2D eigenvalue weighted by Crippen LogP contribution is -2.36. The summed E-state index contributed by atoms with van der Waals surface area (Å²) in [7, 11) is 0. The summed E-state index contributed by atoms with van der Waals surface area (Å²) >= 11 is 0. The highest BCUT2D eigenvalue weighted by Crippen LogP contribution is 2.28. The van der Waals surface area contributed by atoms with Crippen molar-refractivity contribution in [3.8, 4) is 0 Å². The molecule has 0 aliphatic carbocycles. The van der Waals surface area contributed by atoms with Crippen LogP contribution in [0.25, 0.3) is 0 Å². The van der Waals surface area contributed by atoms with E-state index in [-0.39, 0.29) is 0 Å². The quantitative estimate of drug-likeness (QED) is 0.726. The van der Waals surface area contributed by atoms with Crippen molar-refractivity contribution < 1.29 is 0 Å². The van der Waals surface area contributed by atoms with Gasteiger partial charge in [-0.2, -0.15) is 0 Å². The van der Waals surface area contributed by atoms with Crippen LogP contribution in [0.5, 0.6) is 0 Å². The van der Waals surface area contributed by atoms with Crippen LogP contribution in [0, 0.1) is 11.8 Å². The maximum absolute atomic E-state index is 3.94. The van der Waals surface area contributed by atoms with Gasteiger partial charge in [-0.15, -0.1) is 0 Å².